The molecule has 2 aromatic rings. The molecule has 5 nitrogen and oxygen atoms in total. The van der Waals surface area contributed by atoms with Crippen LogP contribution in [0.5, 0.6) is 0 Å². The summed E-state index contributed by atoms with van der Waals surface area (Å²) in [5, 5.41) is 3.14. The van der Waals surface area contributed by atoms with Crippen LogP contribution in [0.1, 0.15) is 26.7 Å². The highest BCUT2D eigenvalue weighted by Gasteiger charge is 2.11. The van der Waals surface area contributed by atoms with E-state index in [4.69, 9.17) is 4.74 Å². The standard InChI is InChI=1S/C15H17BrN2O3S/c1-9(2)3-6-14(20)21-8-13(19)18-15-17-11-5-4-10(16)7-12(11)22-15/h4-5,7,9H,3,6,8H2,1-2H3,(H,17,18,19). The first-order valence-corrected chi connectivity index (χ1v) is 8.56. The number of benzene rings is 1. The van der Waals surface area contributed by atoms with E-state index in [2.05, 4.69) is 26.2 Å². The SMILES string of the molecule is CC(C)CCC(=O)OCC(=O)Nc1nc2ccc(Br)cc2s1. The molecule has 0 fully saturated rings. The minimum atomic E-state index is -0.379. The number of thiazole rings is 1. The Labute approximate surface area is 141 Å². The van der Waals surface area contributed by atoms with Crippen LogP contribution in [0.25, 0.3) is 10.2 Å². The second kappa shape index (κ2) is 7.69. The Morgan fingerprint density at radius 3 is 2.91 bits per heavy atom. The van der Waals surface area contributed by atoms with Crippen LogP contribution in [-0.2, 0) is 14.3 Å². The summed E-state index contributed by atoms with van der Waals surface area (Å²) in [6.45, 7) is 3.79. The molecule has 0 radical (unpaired) electrons. The van der Waals surface area contributed by atoms with Gasteiger partial charge in [0.2, 0.25) is 0 Å². The van der Waals surface area contributed by atoms with E-state index in [9.17, 15) is 9.59 Å². The number of carbonyl (C=O) groups is 2. The molecule has 0 spiro atoms. The molecule has 0 atom stereocenters. The highest BCUT2D eigenvalue weighted by molar-refractivity contribution is 9.10. The van der Waals surface area contributed by atoms with E-state index in [0.29, 0.717) is 17.5 Å². The van der Waals surface area contributed by atoms with Crippen molar-refractivity contribution in [2.45, 2.75) is 26.7 Å². The Kier molecular flexibility index (Phi) is 5.90. The zero-order valence-corrected chi connectivity index (χ0v) is 14.8. The predicted molar refractivity (Wildman–Crippen MR) is 91.0 cm³/mol. The first-order chi connectivity index (χ1) is 10.4. The predicted octanol–water partition coefficient (Wildman–Crippen LogP) is 3.98. The number of ether oxygens (including phenoxy) is 1. The summed E-state index contributed by atoms with van der Waals surface area (Å²) in [6.07, 6.45) is 1.09. The van der Waals surface area contributed by atoms with Crippen LogP contribution in [0, 0.1) is 5.92 Å². The van der Waals surface area contributed by atoms with E-state index >= 15 is 0 Å². The van der Waals surface area contributed by atoms with Crippen molar-refractivity contribution in [3.63, 3.8) is 0 Å². The molecule has 1 aromatic heterocycles. The molecule has 0 saturated carbocycles. The lowest BCUT2D eigenvalue weighted by atomic mass is 10.1. The number of nitrogens with one attached hydrogen (secondary N) is 1. The Morgan fingerprint density at radius 1 is 1.41 bits per heavy atom. The summed E-state index contributed by atoms with van der Waals surface area (Å²) < 4.78 is 6.87. The molecule has 0 unspecified atom stereocenters. The minimum Gasteiger partial charge on any atom is -0.456 e. The lowest BCUT2D eigenvalue weighted by Crippen LogP contribution is -2.20. The maximum atomic E-state index is 11.8. The fraction of sp³-hybridized carbons (Fsp3) is 0.400. The zero-order valence-electron chi connectivity index (χ0n) is 12.4. The number of nitrogens with zero attached hydrogens (tertiary/aromatic N) is 1. The molecular weight excluding hydrogens is 368 g/mol. The lowest BCUT2D eigenvalue weighted by molar-refractivity contribution is -0.147. The smallest absolute Gasteiger partial charge is 0.306 e. The Balaban J connectivity index is 1.84. The van der Waals surface area contributed by atoms with Crippen molar-refractivity contribution in [1.82, 2.24) is 4.98 Å². The summed E-state index contributed by atoms with van der Waals surface area (Å²) in [7, 11) is 0. The molecular formula is C15H17BrN2O3S. The van der Waals surface area contributed by atoms with Crippen molar-refractivity contribution in [1.29, 1.82) is 0 Å². The number of rotatable bonds is 6. The number of esters is 1. The van der Waals surface area contributed by atoms with Crippen molar-refractivity contribution < 1.29 is 14.3 Å². The summed E-state index contributed by atoms with van der Waals surface area (Å²) in [5.41, 5.74) is 0.817. The summed E-state index contributed by atoms with van der Waals surface area (Å²) in [5.74, 6) is -0.295. The molecule has 0 aliphatic heterocycles. The monoisotopic (exact) mass is 384 g/mol. The number of halogens is 1. The third kappa shape index (κ3) is 5.06. The van der Waals surface area contributed by atoms with Gasteiger partial charge in [0.15, 0.2) is 11.7 Å². The van der Waals surface area contributed by atoms with Crippen LogP contribution in [0.4, 0.5) is 5.13 Å². The van der Waals surface area contributed by atoms with E-state index in [1.165, 1.54) is 11.3 Å². The number of hydrogen-bond donors (Lipinski definition) is 1. The lowest BCUT2D eigenvalue weighted by Gasteiger charge is -2.05. The second-order valence-electron chi connectivity index (χ2n) is 5.27. The van der Waals surface area contributed by atoms with Crippen molar-refractivity contribution in [2.24, 2.45) is 5.92 Å². The van der Waals surface area contributed by atoms with E-state index in [1.807, 2.05) is 32.0 Å². The molecule has 0 aliphatic carbocycles. The molecule has 1 heterocycles. The van der Waals surface area contributed by atoms with Crippen LogP contribution >= 0.6 is 27.3 Å². The van der Waals surface area contributed by atoms with Gasteiger partial charge in [0.1, 0.15) is 0 Å². The third-order valence-corrected chi connectivity index (χ3v) is 4.31. The normalized spacial score (nSPS) is 10.9. The third-order valence-electron chi connectivity index (χ3n) is 2.89. The highest BCUT2D eigenvalue weighted by Crippen LogP contribution is 2.28. The van der Waals surface area contributed by atoms with Gasteiger partial charge in [0.25, 0.3) is 5.91 Å². The first-order valence-electron chi connectivity index (χ1n) is 6.95. The van der Waals surface area contributed by atoms with Gasteiger partial charge in [-0.3, -0.25) is 14.9 Å². The van der Waals surface area contributed by atoms with Gasteiger partial charge in [-0.1, -0.05) is 41.1 Å². The maximum absolute atomic E-state index is 11.8. The minimum absolute atomic E-state index is 0.281. The van der Waals surface area contributed by atoms with Gasteiger partial charge in [-0.15, -0.1) is 0 Å². The quantitative estimate of drug-likeness (QED) is 0.764. The molecule has 118 valence electrons. The van der Waals surface area contributed by atoms with Crippen LogP contribution in [0.2, 0.25) is 0 Å². The largest absolute Gasteiger partial charge is 0.456 e. The van der Waals surface area contributed by atoms with E-state index in [1.54, 1.807) is 0 Å². The van der Waals surface area contributed by atoms with Crippen molar-refractivity contribution >= 4 is 54.5 Å². The Morgan fingerprint density at radius 2 is 2.18 bits per heavy atom. The Hall–Kier alpha value is -1.47. The fourth-order valence-corrected chi connectivity index (χ4v) is 3.17. The maximum Gasteiger partial charge on any atom is 0.306 e. The average molecular weight is 385 g/mol. The number of aromatic nitrogens is 1. The van der Waals surface area contributed by atoms with Crippen LogP contribution in [-0.4, -0.2) is 23.5 Å². The van der Waals surface area contributed by atoms with Gasteiger partial charge >= 0.3 is 5.97 Å². The van der Waals surface area contributed by atoms with Crippen LogP contribution < -0.4 is 5.32 Å². The average Bonchev–Trinajstić information content (AvgIpc) is 2.84. The van der Waals surface area contributed by atoms with Gasteiger partial charge < -0.3 is 4.74 Å². The molecule has 22 heavy (non-hydrogen) atoms. The van der Waals surface area contributed by atoms with Gasteiger partial charge in [-0.25, -0.2) is 4.98 Å². The van der Waals surface area contributed by atoms with Gasteiger partial charge in [-0.05, 0) is 30.5 Å². The molecule has 0 saturated heterocycles. The van der Waals surface area contributed by atoms with E-state index in [-0.39, 0.29) is 18.5 Å². The number of anilines is 1. The van der Waals surface area contributed by atoms with Crippen molar-refractivity contribution in [3.8, 4) is 0 Å². The number of fused-ring (bicyclic) bond motifs is 1. The van der Waals surface area contributed by atoms with Crippen LogP contribution in [0.15, 0.2) is 22.7 Å². The van der Waals surface area contributed by atoms with Crippen molar-refractivity contribution in [2.75, 3.05) is 11.9 Å². The number of hydrogen-bond acceptors (Lipinski definition) is 5. The number of amides is 1. The van der Waals surface area contributed by atoms with Crippen LogP contribution in [0.3, 0.4) is 0 Å². The number of carbonyl (C=O) groups excluding carboxylic acids is 2. The topological polar surface area (TPSA) is 68.3 Å². The highest BCUT2D eigenvalue weighted by atomic mass is 79.9. The van der Waals surface area contributed by atoms with Gasteiger partial charge in [0, 0.05) is 10.9 Å². The molecule has 1 aromatic carbocycles. The molecule has 2 rings (SSSR count). The van der Waals surface area contributed by atoms with E-state index in [0.717, 1.165) is 21.1 Å². The Bertz CT molecular complexity index is 684. The molecule has 1 amide bonds. The molecule has 1 N–H and O–H groups in total. The van der Waals surface area contributed by atoms with Gasteiger partial charge in [-0.2, -0.15) is 0 Å². The second-order valence-corrected chi connectivity index (χ2v) is 7.22. The fourth-order valence-electron chi connectivity index (χ4n) is 1.73. The molecule has 0 bridgehead atoms. The molecule has 7 heteroatoms. The van der Waals surface area contributed by atoms with Crippen molar-refractivity contribution in [3.05, 3.63) is 22.7 Å². The summed E-state index contributed by atoms with van der Waals surface area (Å²) in [4.78, 5) is 27.5. The first kappa shape index (κ1) is 16.9. The van der Waals surface area contributed by atoms with E-state index < -0.39 is 0 Å². The molecule has 0 aliphatic rings. The summed E-state index contributed by atoms with van der Waals surface area (Å²) >= 11 is 4.77. The van der Waals surface area contributed by atoms with Gasteiger partial charge in [0.05, 0.1) is 10.2 Å². The summed E-state index contributed by atoms with van der Waals surface area (Å²) in [6, 6.07) is 5.70. The zero-order chi connectivity index (χ0) is 16.1.